The highest BCUT2D eigenvalue weighted by atomic mass is 16.5. The Labute approximate surface area is 253 Å². The van der Waals surface area contributed by atoms with E-state index >= 15 is 0 Å². The highest BCUT2D eigenvalue weighted by molar-refractivity contribution is 5.94. The molecule has 4 rings (SSSR count). The second kappa shape index (κ2) is 15.6. The first-order valence-electron chi connectivity index (χ1n) is 14.2. The normalized spacial score (nSPS) is 10.4. The highest BCUT2D eigenvalue weighted by Crippen LogP contribution is 2.26. The molecule has 0 bridgehead atoms. The number of aliphatic hydroxyl groups excluding tert-OH is 1. The van der Waals surface area contributed by atoms with E-state index in [0.717, 1.165) is 39.3 Å². The lowest BCUT2D eigenvalue weighted by molar-refractivity contribution is 0.0598. The van der Waals surface area contributed by atoms with Crippen LogP contribution in [0.4, 0.5) is 5.82 Å². The van der Waals surface area contributed by atoms with Crippen molar-refractivity contribution in [1.82, 2.24) is 9.55 Å². The molecule has 43 heavy (non-hydrogen) atoms. The molecular weight excluding hydrogens is 546 g/mol. The Hall–Kier alpha value is -4.63. The minimum absolute atomic E-state index is 0.0269. The summed E-state index contributed by atoms with van der Waals surface area (Å²) in [6, 6.07) is 19.0. The molecule has 4 aromatic rings. The smallest absolute Gasteiger partial charge is 0.347 e. The van der Waals surface area contributed by atoms with Crippen molar-refractivity contribution in [2.24, 2.45) is 0 Å². The first-order valence-corrected chi connectivity index (χ1v) is 14.2. The molecule has 228 valence electrons. The number of nitrogens with zero attached hydrogens (tertiary/aromatic N) is 3. The van der Waals surface area contributed by atoms with Crippen molar-refractivity contribution >= 4 is 11.8 Å². The molecule has 1 N–H and O–H groups in total. The Morgan fingerprint density at radius 2 is 1.33 bits per heavy atom. The third kappa shape index (κ3) is 7.81. The van der Waals surface area contributed by atoms with E-state index in [1.165, 1.54) is 18.0 Å². The van der Waals surface area contributed by atoms with Gasteiger partial charge in [-0.3, -0.25) is 9.36 Å². The molecule has 0 aliphatic carbocycles. The van der Waals surface area contributed by atoms with Crippen LogP contribution in [0.5, 0.6) is 11.5 Å². The SMILES string of the molecule is CC.COC(=O)c1c(N(Cc2ccc(OC)cc2)Cc2ccc(OC)cc2)ncn(-c2c(C)cc(CCO)cc2C)c1=O. The predicted octanol–water partition coefficient (Wildman–Crippen LogP) is 5.42. The second-order valence-corrected chi connectivity index (χ2v) is 9.71. The number of hydrogen-bond acceptors (Lipinski definition) is 8. The van der Waals surface area contributed by atoms with Crippen LogP contribution in [0.15, 0.2) is 71.8 Å². The van der Waals surface area contributed by atoms with Crippen LogP contribution in [0, 0.1) is 13.8 Å². The number of carbonyl (C=O) groups excluding carboxylic acids is 1. The average molecular weight is 588 g/mol. The van der Waals surface area contributed by atoms with Gasteiger partial charge in [0.1, 0.15) is 17.8 Å². The number of esters is 1. The quantitative estimate of drug-likeness (QED) is 0.232. The molecule has 0 fully saturated rings. The molecule has 1 heterocycles. The molecule has 9 nitrogen and oxygen atoms in total. The highest BCUT2D eigenvalue weighted by Gasteiger charge is 2.26. The van der Waals surface area contributed by atoms with Crippen LogP contribution >= 0.6 is 0 Å². The lowest BCUT2D eigenvalue weighted by atomic mass is 10.0. The summed E-state index contributed by atoms with van der Waals surface area (Å²) in [6.45, 7) is 8.54. The van der Waals surface area contributed by atoms with E-state index in [1.807, 2.05) is 93.3 Å². The molecule has 0 atom stereocenters. The van der Waals surface area contributed by atoms with Crippen LogP contribution in [0.25, 0.3) is 5.69 Å². The maximum absolute atomic E-state index is 14.0. The average Bonchev–Trinajstić information content (AvgIpc) is 3.02. The van der Waals surface area contributed by atoms with Crippen molar-refractivity contribution in [2.45, 2.75) is 47.2 Å². The summed E-state index contributed by atoms with van der Waals surface area (Å²) in [7, 11) is 4.46. The molecule has 0 radical (unpaired) electrons. The van der Waals surface area contributed by atoms with E-state index < -0.39 is 11.5 Å². The Morgan fingerprint density at radius 1 is 0.837 bits per heavy atom. The topological polar surface area (TPSA) is 103 Å². The van der Waals surface area contributed by atoms with Gasteiger partial charge in [0.25, 0.3) is 5.56 Å². The predicted molar refractivity (Wildman–Crippen MR) is 169 cm³/mol. The van der Waals surface area contributed by atoms with Gasteiger partial charge >= 0.3 is 5.97 Å². The van der Waals surface area contributed by atoms with Gasteiger partial charge in [-0.2, -0.15) is 0 Å². The summed E-state index contributed by atoms with van der Waals surface area (Å²) in [4.78, 5) is 33.7. The largest absolute Gasteiger partial charge is 0.497 e. The molecule has 0 saturated carbocycles. The number of carbonyl (C=O) groups is 1. The van der Waals surface area contributed by atoms with Crippen molar-refractivity contribution in [3.8, 4) is 17.2 Å². The van der Waals surface area contributed by atoms with Gasteiger partial charge in [-0.15, -0.1) is 0 Å². The van der Waals surface area contributed by atoms with E-state index in [4.69, 9.17) is 14.2 Å². The van der Waals surface area contributed by atoms with Gasteiger partial charge in [0, 0.05) is 19.7 Å². The first kappa shape index (κ1) is 32.9. The zero-order valence-electron chi connectivity index (χ0n) is 26.0. The second-order valence-electron chi connectivity index (χ2n) is 9.71. The van der Waals surface area contributed by atoms with Gasteiger partial charge in [-0.25, -0.2) is 9.78 Å². The van der Waals surface area contributed by atoms with Crippen LogP contribution < -0.4 is 19.9 Å². The first-order chi connectivity index (χ1) is 20.8. The number of rotatable bonds is 11. The van der Waals surface area contributed by atoms with Gasteiger partial charge in [0.2, 0.25) is 0 Å². The number of aliphatic hydroxyl groups is 1. The van der Waals surface area contributed by atoms with E-state index in [0.29, 0.717) is 25.2 Å². The van der Waals surface area contributed by atoms with Crippen molar-refractivity contribution in [2.75, 3.05) is 32.8 Å². The Morgan fingerprint density at radius 3 is 1.74 bits per heavy atom. The van der Waals surface area contributed by atoms with Crippen LogP contribution in [0.1, 0.15) is 52.0 Å². The zero-order chi connectivity index (χ0) is 31.5. The molecule has 1 aromatic heterocycles. The number of methoxy groups -OCH3 is 3. The molecule has 0 saturated heterocycles. The minimum atomic E-state index is -0.770. The van der Waals surface area contributed by atoms with Crippen LogP contribution in [0.3, 0.4) is 0 Å². The lowest BCUT2D eigenvalue weighted by Crippen LogP contribution is -2.33. The molecule has 9 heteroatoms. The van der Waals surface area contributed by atoms with Crippen LogP contribution in [-0.2, 0) is 24.2 Å². The number of ether oxygens (including phenoxy) is 3. The Balaban J connectivity index is 0.00000248. The molecule has 0 unspecified atom stereocenters. The summed E-state index contributed by atoms with van der Waals surface area (Å²) in [5.74, 6) is 0.898. The van der Waals surface area contributed by atoms with Crippen molar-refractivity contribution in [1.29, 1.82) is 0 Å². The number of hydrogen-bond donors (Lipinski definition) is 1. The lowest BCUT2D eigenvalue weighted by Gasteiger charge is -2.26. The molecular formula is C34H41N3O6. The van der Waals surface area contributed by atoms with E-state index in [1.54, 1.807) is 14.2 Å². The fourth-order valence-electron chi connectivity index (χ4n) is 4.93. The van der Waals surface area contributed by atoms with Crippen LogP contribution in [0.2, 0.25) is 0 Å². The van der Waals surface area contributed by atoms with Crippen molar-refractivity contribution in [3.05, 3.63) is 111 Å². The van der Waals surface area contributed by atoms with Crippen molar-refractivity contribution < 1.29 is 24.1 Å². The number of anilines is 1. The van der Waals surface area contributed by atoms with Crippen LogP contribution in [-0.4, -0.2) is 48.6 Å². The standard InChI is InChI=1S/C32H35N3O6.C2H6/c1-21-16-25(14-15-36)17-22(2)29(21)35-20-33-30(28(31(35)37)32(38)41-5)34(18-23-6-10-26(39-3)11-7-23)19-24-8-12-27(40-4)13-9-24;1-2/h6-13,16-17,20,36H,14-15,18-19H2,1-5H3;1-2H3. The monoisotopic (exact) mass is 587 g/mol. The summed E-state index contributed by atoms with van der Waals surface area (Å²) in [6.07, 6.45) is 1.97. The summed E-state index contributed by atoms with van der Waals surface area (Å²) >= 11 is 0. The van der Waals surface area contributed by atoms with E-state index in [9.17, 15) is 14.7 Å². The van der Waals surface area contributed by atoms with Gasteiger partial charge in [0.15, 0.2) is 11.4 Å². The fraction of sp³-hybridized carbons (Fsp3) is 0.324. The summed E-state index contributed by atoms with van der Waals surface area (Å²) in [5, 5.41) is 9.37. The van der Waals surface area contributed by atoms with E-state index in [2.05, 4.69) is 4.98 Å². The number of benzene rings is 3. The maximum atomic E-state index is 14.0. The van der Waals surface area contributed by atoms with Gasteiger partial charge in [0.05, 0.1) is 27.0 Å². The fourth-order valence-corrected chi connectivity index (χ4v) is 4.93. The third-order valence-electron chi connectivity index (χ3n) is 6.90. The Kier molecular flexibility index (Phi) is 11.9. The van der Waals surface area contributed by atoms with Crippen molar-refractivity contribution in [3.63, 3.8) is 0 Å². The molecule has 0 aliphatic rings. The van der Waals surface area contributed by atoms with Gasteiger partial charge in [-0.1, -0.05) is 50.2 Å². The number of aromatic nitrogens is 2. The summed E-state index contributed by atoms with van der Waals surface area (Å²) in [5.41, 5.74) is 4.44. The van der Waals surface area contributed by atoms with Gasteiger partial charge in [-0.05, 0) is 72.4 Å². The summed E-state index contributed by atoms with van der Waals surface area (Å²) < 4.78 is 17.1. The number of aryl methyl sites for hydroxylation is 2. The zero-order valence-corrected chi connectivity index (χ0v) is 26.0. The van der Waals surface area contributed by atoms with Gasteiger partial charge < -0.3 is 24.2 Å². The minimum Gasteiger partial charge on any atom is -0.497 e. The maximum Gasteiger partial charge on any atom is 0.347 e. The third-order valence-corrected chi connectivity index (χ3v) is 6.90. The van der Waals surface area contributed by atoms with E-state index in [-0.39, 0.29) is 18.0 Å². The molecule has 0 spiro atoms. The Bertz CT molecular complexity index is 1490. The molecule has 3 aromatic carbocycles. The molecule has 0 amide bonds. The molecule has 0 aliphatic heterocycles.